The fourth-order valence-corrected chi connectivity index (χ4v) is 1.51. The van der Waals surface area contributed by atoms with Gasteiger partial charge in [0, 0.05) is 11.8 Å². The van der Waals surface area contributed by atoms with Crippen LogP contribution in [0.5, 0.6) is 0 Å². The fourth-order valence-electron chi connectivity index (χ4n) is 1.37. The van der Waals surface area contributed by atoms with E-state index in [4.69, 9.17) is 23.7 Å². The van der Waals surface area contributed by atoms with E-state index in [0.29, 0.717) is 10.6 Å². The lowest BCUT2D eigenvalue weighted by atomic mass is 10.2. The number of primary amides is 1. The van der Waals surface area contributed by atoms with E-state index in [2.05, 4.69) is 5.10 Å². The maximum atomic E-state index is 10.9. The Balaban J connectivity index is 2.33. The molecule has 0 aliphatic carbocycles. The number of amides is 1. The molecule has 0 saturated heterocycles. The zero-order valence-electron chi connectivity index (χ0n) is 8.83. The van der Waals surface area contributed by atoms with Gasteiger partial charge >= 0.3 is 0 Å². The minimum atomic E-state index is -0.504. The second kappa shape index (κ2) is 4.34. The van der Waals surface area contributed by atoms with E-state index < -0.39 is 5.91 Å². The van der Waals surface area contributed by atoms with E-state index in [1.807, 2.05) is 12.1 Å². The maximum absolute atomic E-state index is 10.9. The number of nitrogens with zero attached hydrogens (tertiary/aromatic N) is 2. The summed E-state index contributed by atoms with van der Waals surface area (Å²) < 4.78 is 1.56. The summed E-state index contributed by atoms with van der Waals surface area (Å²) in [5.41, 5.74) is 12.6. The number of nitrogens with two attached hydrogens (primary N) is 2. The monoisotopic (exact) mass is 246 g/mol. The average Bonchev–Trinajstić information content (AvgIpc) is 2.78. The van der Waals surface area contributed by atoms with Gasteiger partial charge in [-0.3, -0.25) is 4.79 Å². The number of benzene rings is 1. The maximum Gasteiger partial charge on any atom is 0.251 e. The van der Waals surface area contributed by atoms with Crippen LogP contribution in [-0.2, 0) is 0 Å². The Bertz CT molecular complexity index is 573. The van der Waals surface area contributed by atoms with Crippen LogP contribution >= 0.6 is 12.2 Å². The van der Waals surface area contributed by atoms with Crippen LogP contribution in [0.3, 0.4) is 0 Å². The zero-order chi connectivity index (χ0) is 12.4. The molecule has 86 valence electrons. The lowest BCUT2D eigenvalue weighted by Crippen LogP contribution is -2.10. The van der Waals surface area contributed by atoms with Crippen LogP contribution in [0.4, 0.5) is 0 Å². The van der Waals surface area contributed by atoms with E-state index in [9.17, 15) is 4.79 Å². The van der Waals surface area contributed by atoms with Crippen molar-refractivity contribution >= 4 is 23.1 Å². The SMILES string of the molecule is NC(=O)c1cnn(-c2ccc(C(N)=S)cc2)c1. The summed E-state index contributed by atoms with van der Waals surface area (Å²) in [5, 5.41) is 4.03. The van der Waals surface area contributed by atoms with E-state index in [-0.39, 0.29) is 0 Å². The number of aromatic nitrogens is 2. The molecule has 0 spiro atoms. The van der Waals surface area contributed by atoms with Crippen molar-refractivity contribution in [1.82, 2.24) is 9.78 Å². The van der Waals surface area contributed by atoms with Crippen molar-refractivity contribution in [3.8, 4) is 5.69 Å². The number of hydrogen-bond donors (Lipinski definition) is 2. The van der Waals surface area contributed by atoms with Crippen LogP contribution in [0, 0.1) is 0 Å². The predicted molar refractivity (Wildman–Crippen MR) is 68.0 cm³/mol. The second-order valence-corrected chi connectivity index (χ2v) is 3.89. The molecular formula is C11H10N4OS. The quantitative estimate of drug-likeness (QED) is 0.777. The summed E-state index contributed by atoms with van der Waals surface area (Å²) in [6.07, 6.45) is 2.99. The first-order chi connectivity index (χ1) is 8.08. The molecule has 1 aromatic heterocycles. The third-order valence-electron chi connectivity index (χ3n) is 2.28. The number of thiocarbonyl (C=S) groups is 1. The molecule has 5 nitrogen and oxygen atoms in total. The highest BCUT2D eigenvalue weighted by molar-refractivity contribution is 7.80. The minimum Gasteiger partial charge on any atom is -0.389 e. The summed E-state index contributed by atoms with van der Waals surface area (Å²) in [4.78, 5) is 11.3. The molecule has 0 radical (unpaired) electrons. The van der Waals surface area contributed by atoms with Crippen molar-refractivity contribution in [2.45, 2.75) is 0 Å². The van der Waals surface area contributed by atoms with E-state index in [0.717, 1.165) is 11.3 Å². The van der Waals surface area contributed by atoms with Crippen molar-refractivity contribution in [2.24, 2.45) is 11.5 Å². The largest absolute Gasteiger partial charge is 0.389 e. The Morgan fingerprint density at radius 1 is 1.18 bits per heavy atom. The fraction of sp³-hybridized carbons (Fsp3) is 0. The van der Waals surface area contributed by atoms with Gasteiger partial charge in [0.25, 0.3) is 5.91 Å². The van der Waals surface area contributed by atoms with Crippen LogP contribution in [0.1, 0.15) is 15.9 Å². The first kappa shape index (κ1) is 11.3. The van der Waals surface area contributed by atoms with Gasteiger partial charge in [0.15, 0.2) is 0 Å². The number of carbonyl (C=O) groups is 1. The van der Waals surface area contributed by atoms with Crippen molar-refractivity contribution in [3.05, 3.63) is 47.8 Å². The third kappa shape index (κ3) is 2.31. The van der Waals surface area contributed by atoms with Gasteiger partial charge in [0.05, 0.1) is 17.4 Å². The Kier molecular flexibility index (Phi) is 2.88. The van der Waals surface area contributed by atoms with Crippen molar-refractivity contribution in [3.63, 3.8) is 0 Å². The van der Waals surface area contributed by atoms with Crippen molar-refractivity contribution in [1.29, 1.82) is 0 Å². The topological polar surface area (TPSA) is 86.9 Å². The van der Waals surface area contributed by atoms with Crippen LogP contribution in [0.2, 0.25) is 0 Å². The zero-order valence-corrected chi connectivity index (χ0v) is 9.65. The predicted octanol–water partition coefficient (Wildman–Crippen LogP) is 0.605. The van der Waals surface area contributed by atoms with Crippen LogP contribution < -0.4 is 11.5 Å². The molecule has 6 heteroatoms. The van der Waals surface area contributed by atoms with Gasteiger partial charge in [0.1, 0.15) is 4.99 Å². The molecule has 17 heavy (non-hydrogen) atoms. The van der Waals surface area contributed by atoms with Gasteiger partial charge in [0.2, 0.25) is 0 Å². The third-order valence-corrected chi connectivity index (χ3v) is 2.52. The van der Waals surface area contributed by atoms with Gasteiger partial charge in [-0.05, 0) is 24.3 Å². The van der Waals surface area contributed by atoms with Gasteiger partial charge in [-0.25, -0.2) is 4.68 Å². The number of carbonyl (C=O) groups excluding carboxylic acids is 1. The molecule has 1 amide bonds. The number of rotatable bonds is 3. The molecule has 0 aliphatic rings. The Labute approximate surface area is 103 Å². The summed E-state index contributed by atoms with van der Waals surface area (Å²) in [6, 6.07) is 7.21. The first-order valence-corrected chi connectivity index (χ1v) is 5.23. The average molecular weight is 246 g/mol. The first-order valence-electron chi connectivity index (χ1n) is 4.82. The second-order valence-electron chi connectivity index (χ2n) is 3.45. The summed E-state index contributed by atoms with van der Waals surface area (Å²) in [7, 11) is 0. The Morgan fingerprint density at radius 2 is 1.82 bits per heavy atom. The highest BCUT2D eigenvalue weighted by Crippen LogP contribution is 2.10. The molecule has 0 fully saturated rings. The van der Waals surface area contributed by atoms with E-state index in [1.54, 1.807) is 23.0 Å². The summed E-state index contributed by atoms with van der Waals surface area (Å²) in [6.45, 7) is 0. The molecule has 1 aromatic carbocycles. The van der Waals surface area contributed by atoms with E-state index >= 15 is 0 Å². The lowest BCUT2D eigenvalue weighted by molar-refractivity contribution is 0.100. The van der Waals surface area contributed by atoms with Crippen LogP contribution in [0.25, 0.3) is 5.69 Å². The summed E-state index contributed by atoms with van der Waals surface area (Å²) in [5.74, 6) is -0.504. The lowest BCUT2D eigenvalue weighted by Gasteiger charge is -2.02. The van der Waals surface area contributed by atoms with Gasteiger partial charge in [-0.1, -0.05) is 12.2 Å². The molecule has 2 aromatic rings. The normalized spacial score (nSPS) is 10.1. The molecule has 0 atom stereocenters. The minimum absolute atomic E-state index is 0.342. The molecule has 0 aliphatic heterocycles. The van der Waals surface area contributed by atoms with Gasteiger partial charge in [-0.15, -0.1) is 0 Å². The molecule has 0 saturated carbocycles. The van der Waals surface area contributed by atoms with Crippen LogP contribution in [-0.4, -0.2) is 20.7 Å². The molecule has 0 bridgehead atoms. The molecule has 4 N–H and O–H groups in total. The summed E-state index contributed by atoms with van der Waals surface area (Å²) >= 11 is 4.85. The van der Waals surface area contributed by atoms with Gasteiger partial charge < -0.3 is 11.5 Å². The van der Waals surface area contributed by atoms with E-state index in [1.165, 1.54) is 6.20 Å². The highest BCUT2D eigenvalue weighted by Gasteiger charge is 2.05. The van der Waals surface area contributed by atoms with Crippen molar-refractivity contribution < 1.29 is 4.79 Å². The van der Waals surface area contributed by atoms with Crippen LogP contribution in [0.15, 0.2) is 36.7 Å². The smallest absolute Gasteiger partial charge is 0.251 e. The number of hydrogen-bond acceptors (Lipinski definition) is 3. The highest BCUT2D eigenvalue weighted by atomic mass is 32.1. The standard InChI is InChI=1S/C11H10N4OS/c12-10(16)8-5-14-15(6-8)9-3-1-7(2-4-9)11(13)17/h1-6H,(H2,12,16)(H2,13,17). The Hall–Kier alpha value is -2.21. The molecular weight excluding hydrogens is 236 g/mol. The molecule has 2 rings (SSSR count). The molecule has 0 unspecified atom stereocenters. The molecule has 1 heterocycles. The Morgan fingerprint density at radius 3 is 2.29 bits per heavy atom. The van der Waals surface area contributed by atoms with Crippen molar-refractivity contribution in [2.75, 3.05) is 0 Å². The van der Waals surface area contributed by atoms with Gasteiger partial charge in [-0.2, -0.15) is 5.10 Å².